The van der Waals surface area contributed by atoms with Gasteiger partial charge in [0.25, 0.3) is 5.91 Å². The Morgan fingerprint density at radius 1 is 1.24 bits per heavy atom. The van der Waals surface area contributed by atoms with Crippen molar-refractivity contribution in [3.63, 3.8) is 0 Å². The number of aryl methyl sites for hydroxylation is 1. The lowest BCUT2D eigenvalue weighted by Gasteiger charge is -2.11. The molecule has 2 aromatic rings. The molecule has 0 aliphatic heterocycles. The lowest BCUT2D eigenvalue weighted by atomic mass is 10.1. The third kappa shape index (κ3) is 3.66. The maximum absolute atomic E-state index is 13.4. The molecular formula is C16H14FNO3. The van der Waals surface area contributed by atoms with Gasteiger partial charge in [0.15, 0.2) is 12.9 Å². The average Bonchev–Trinajstić information content (AvgIpc) is 2.48. The largest absolute Gasteiger partial charge is 0.483 e. The van der Waals surface area contributed by atoms with Crippen LogP contribution in [0.2, 0.25) is 0 Å². The zero-order chi connectivity index (χ0) is 15.2. The van der Waals surface area contributed by atoms with Gasteiger partial charge in [0.05, 0.1) is 11.3 Å². The van der Waals surface area contributed by atoms with Crippen molar-refractivity contribution in [1.82, 2.24) is 0 Å². The van der Waals surface area contributed by atoms with E-state index in [0.717, 1.165) is 5.56 Å². The number of para-hydroxylation sites is 2. The first-order chi connectivity index (χ1) is 10.1. The second-order valence-corrected chi connectivity index (χ2v) is 4.43. The standard InChI is InChI=1S/C16H14FNO3/c1-11-5-4-6-12(9-19)16(11)21-10-15(20)18-14-8-3-2-7-13(14)17/h2-9H,10H2,1H3,(H,18,20). The quantitative estimate of drug-likeness (QED) is 0.860. The van der Waals surface area contributed by atoms with Gasteiger partial charge in [0.2, 0.25) is 0 Å². The van der Waals surface area contributed by atoms with Gasteiger partial charge in [-0.25, -0.2) is 4.39 Å². The van der Waals surface area contributed by atoms with Gasteiger partial charge in [0.1, 0.15) is 11.6 Å². The zero-order valence-corrected chi connectivity index (χ0v) is 11.4. The van der Waals surface area contributed by atoms with Crippen molar-refractivity contribution in [2.75, 3.05) is 11.9 Å². The lowest BCUT2D eigenvalue weighted by Crippen LogP contribution is -2.21. The summed E-state index contributed by atoms with van der Waals surface area (Å²) in [7, 11) is 0. The van der Waals surface area contributed by atoms with Gasteiger partial charge in [0, 0.05) is 0 Å². The van der Waals surface area contributed by atoms with E-state index in [0.29, 0.717) is 17.6 Å². The Balaban J connectivity index is 2.02. The monoisotopic (exact) mass is 287 g/mol. The Labute approximate surface area is 121 Å². The number of rotatable bonds is 5. The first-order valence-electron chi connectivity index (χ1n) is 6.34. The molecule has 0 atom stereocenters. The molecule has 21 heavy (non-hydrogen) atoms. The molecule has 1 amide bonds. The second-order valence-electron chi connectivity index (χ2n) is 4.43. The number of hydrogen-bond acceptors (Lipinski definition) is 3. The van der Waals surface area contributed by atoms with Crippen LogP contribution < -0.4 is 10.1 Å². The van der Waals surface area contributed by atoms with Crippen molar-refractivity contribution in [3.05, 3.63) is 59.4 Å². The SMILES string of the molecule is Cc1cccc(C=O)c1OCC(=O)Nc1ccccc1F. The predicted molar refractivity (Wildman–Crippen MR) is 77.1 cm³/mol. The molecule has 0 spiro atoms. The number of nitrogens with one attached hydrogen (secondary N) is 1. The number of carbonyl (C=O) groups excluding carboxylic acids is 2. The molecule has 2 aromatic carbocycles. The first-order valence-corrected chi connectivity index (χ1v) is 6.34. The number of anilines is 1. The summed E-state index contributed by atoms with van der Waals surface area (Å²) in [6.07, 6.45) is 0.664. The van der Waals surface area contributed by atoms with Crippen molar-refractivity contribution in [2.45, 2.75) is 6.92 Å². The fourth-order valence-corrected chi connectivity index (χ4v) is 1.85. The molecule has 0 unspecified atom stereocenters. The summed E-state index contributed by atoms with van der Waals surface area (Å²) < 4.78 is 18.8. The average molecular weight is 287 g/mol. The molecular weight excluding hydrogens is 273 g/mol. The lowest BCUT2D eigenvalue weighted by molar-refractivity contribution is -0.118. The van der Waals surface area contributed by atoms with Crippen LogP contribution in [0.3, 0.4) is 0 Å². The van der Waals surface area contributed by atoms with E-state index in [1.54, 1.807) is 31.2 Å². The highest BCUT2D eigenvalue weighted by Crippen LogP contribution is 2.21. The maximum Gasteiger partial charge on any atom is 0.262 e. The summed E-state index contributed by atoms with van der Waals surface area (Å²) in [5, 5.41) is 2.41. The van der Waals surface area contributed by atoms with Crippen LogP contribution in [0.5, 0.6) is 5.75 Å². The van der Waals surface area contributed by atoms with Crippen LogP contribution in [0, 0.1) is 12.7 Å². The summed E-state index contributed by atoms with van der Waals surface area (Å²) in [5.74, 6) is -0.660. The van der Waals surface area contributed by atoms with Crippen LogP contribution in [0.4, 0.5) is 10.1 Å². The number of halogens is 1. The minimum Gasteiger partial charge on any atom is -0.483 e. The summed E-state index contributed by atoms with van der Waals surface area (Å²) in [6.45, 7) is 1.47. The van der Waals surface area contributed by atoms with E-state index in [4.69, 9.17) is 4.74 Å². The first kappa shape index (κ1) is 14.7. The van der Waals surface area contributed by atoms with Crippen LogP contribution >= 0.6 is 0 Å². The molecule has 0 heterocycles. The Hall–Kier alpha value is -2.69. The Morgan fingerprint density at radius 2 is 2.00 bits per heavy atom. The summed E-state index contributed by atoms with van der Waals surface area (Å²) >= 11 is 0. The second kappa shape index (κ2) is 6.65. The summed E-state index contributed by atoms with van der Waals surface area (Å²) in [6, 6.07) is 11.0. The molecule has 0 radical (unpaired) electrons. The van der Waals surface area contributed by atoms with Crippen LogP contribution in [-0.2, 0) is 4.79 Å². The number of carbonyl (C=O) groups is 2. The molecule has 1 N–H and O–H groups in total. The fourth-order valence-electron chi connectivity index (χ4n) is 1.85. The van der Waals surface area contributed by atoms with Crippen molar-refractivity contribution >= 4 is 17.9 Å². The van der Waals surface area contributed by atoms with E-state index in [-0.39, 0.29) is 12.3 Å². The third-order valence-electron chi connectivity index (χ3n) is 2.86. The van der Waals surface area contributed by atoms with E-state index in [1.165, 1.54) is 18.2 Å². The molecule has 0 saturated carbocycles. The highest BCUT2D eigenvalue weighted by molar-refractivity contribution is 5.92. The van der Waals surface area contributed by atoms with Crippen LogP contribution in [-0.4, -0.2) is 18.8 Å². The van der Waals surface area contributed by atoms with Gasteiger partial charge < -0.3 is 10.1 Å². The number of amides is 1. The minimum atomic E-state index is -0.518. The highest BCUT2D eigenvalue weighted by atomic mass is 19.1. The van der Waals surface area contributed by atoms with Crippen molar-refractivity contribution < 1.29 is 18.7 Å². The number of ether oxygens (including phenoxy) is 1. The van der Waals surface area contributed by atoms with Crippen molar-refractivity contribution in [2.24, 2.45) is 0 Å². The topological polar surface area (TPSA) is 55.4 Å². The van der Waals surface area contributed by atoms with Crippen molar-refractivity contribution in [3.8, 4) is 5.75 Å². The van der Waals surface area contributed by atoms with Gasteiger partial charge in [-0.2, -0.15) is 0 Å². The Morgan fingerprint density at radius 3 is 2.71 bits per heavy atom. The van der Waals surface area contributed by atoms with Crippen molar-refractivity contribution in [1.29, 1.82) is 0 Å². The Bertz CT molecular complexity index is 670. The molecule has 0 fully saturated rings. The minimum absolute atomic E-state index is 0.0893. The molecule has 0 aromatic heterocycles. The molecule has 0 saturated heterocycles. The molecule has 108 valence electrons. The van der Waals surface area contributed by atoms with Crippen LogP contribution in [0.1, 0.15) is 15.9 Å². The molecule has 0 aliphatic rings. The van der Waals surface area contributed by atoms with E-state index in [1.807, 2.05) is 0 Å². The molecule has 4 nitrogen and oxygen atoms in total. The highest BCUT2D eigenvalue weighted by Gasteiger charge is 2.10. The molecule has 0 aliphatic carbocycles. The number of benzene rings is 2. The van der Waals surface area contributed by atoms with E-state index < -0.39 is 11.7 Å². The molecule has 0 bridgehead atoms. The number of hydrogen-bond donors (Lipinski definition) is 1. The molecule has 5 heteroatoms. The smallest absolute Gasteiger partial charge is 0.262 e. The summed E-state index contributed by atoms with van der Waals surface area (Å²) in [5.41, 5.74) is 1.21. The summed E-state index contributed by atoms with van der Waals surface area (Å²) in [4.78, 5) is 22.7. The predicted octanol–water partition coefficient (Wildman–Crippen LogP) is 2.96. The maximum atomic E-state index is 13.4. The third-order valence-corrected chi connectivity index (χ3v) is 2.86. The van der Waals surface area contributed by atoms with Gasteiger partial charge in [-0.15, -0.1) is 0 Å². The van der Waals surface area contributed by atoms with E-state index in [2.05, 4.69) is 5.32 Å². The van der Waals surface area contributed by atoms with Gasteiger partial charge in [-0.1, -0.05) is 24.3 Å². The fraction of sp³-hybridized carbons (Fsp3) is 0.125. The van der Waals surface area contributed by atoms with E-state index >= 15 is 0 Å². The van der Waals surface area contributed by atoms with Crippen LogP contribution in [0.25, 0.3) is 0 Å². The Kier molecular flexibility index (Phi) is 4.66. The zero-order valence-electron chi connectivity index (χ0n) is 11.4. The van der Waals surface area contributed by atoms with Gasteiger partial charge in [-0.05, 0) is 30.7 Å². The molecule has 2 rings (SSSR count). The van der Waals surface area contributed by atoms with Gasteiger partial charge in [-0.3, -0.25) is 9.59 Å². The van der Waals surface area contributed by atoms with Gasteiger partial charge >= 0.3 is 0 Å². The van der Waals surface area contributed by atoms with Crippen LogP contribution in [0.15, 0.2) is 42.5 Å². The van der Waals surface area contributed by atoms with E-state index in [9.17, 15) is 14.0 Å². The number of aldehydes is 1. The normalized spacial score (nSPS) is 10.0.